The van der Waals surface area contributed by atoms with Gasteiger partial charge >= 0.3 is 23.9 Å². The summed E-state index contributed by atoms with van der Waals surface area (Å²) in [7, 11) is 0. The molecule has 0 atom stereocenters. The smallest absolute Gasteiger partial charge is 0.335 e. The van der Waals surface area contributed by atoms with Gasteiger partial charge in [-0.25, -0.2) is 29.1 Å². The maximum atomic E-state index is 11.6. The van der Waals surface area contributed by atoms with Crippen molar-refractivity contribution in [3.05, 3.63) is 180 Å². The Morgan fingerprint density at radius 3 is 0.776 bits per heavy atom. The molecular weight excluding hydrogens is 733 g/mol. The molecule has 0 bridgehead atoms. The van der Waals surface area contributed by atoms with Gasteiger partial charge < -0.3 is 20.4 Å². The van der Waals surface area contributed by atoms with Crippen LogP contribution in [-0.2, 0) is 0 Å². The fraction of sp³-hybridized carbons (Fsp3) is 0. The molecule has 0 saturated carbocycles. The monoisotopic (exact) mass is 762 g/mol. The molecule has 0 unspecified atom stereocenters. The van der Waals surface area contributed by atoms with Gasteiger partial charge in [0.25, 0.3) is 0 Å². The lowest BCUT2D eigenvalue weighted by Gasteiger charge is -2.16. The van der Waals surface area contributed by atoms with Crippen molar-refractivity contribution in [3.8, 4) is 67.3 Å². The van der Waals surface area contributed by atoms with Crippen molar-refractivity contribution >= 4 is 34.6 Å². The Hall–Kier alpha value is -8.24. The van der Waals surface area contributed by atoms with Crippen molar-refractivity contribution in [3.63, 3.8) is 0 Å². The van der Waals surface area contributed by atoms with Crippen LogP contribution in [0.15, 0.2) is 158 Å². The van der Waals surface area contributed by atoms with E-state index in [1.54, 1.807) is 48.5 Å². The van der Waals surface area contributed by atoms with E-state index in [1.165, 1.54) is 48.5 Å². The van der Waals surface area contributed by atoms with Gasteiger partial charge in [0, 0.05) is 22.3 Å². The van der Waals surface area contributed by atoms with Crippen molar-refractivity contribution in [2.45, 2.75) is 0 Å². The van der Waals surface area contributed by atoms with Crippen LogP contribution >= 0.6 is 0 Å². The summed E-state index contributed by atoms with van der Waals surface area (Å²) in [6.07, 6.45) is 0. The van der Waals surface area contributed by atoms with Crippen molar-refractivity contribution in [1.29, 1.82) is 0 Å². The number of hydrogen-bond acceptors (Lipinski definition) is 6. The number of benzene rings is 6. The van der Waals surface area contributed by atoms with Gasteiger partial charge in [-0.05, 0) is 106 Å². The number of aromatic carboxylic acids is 4. The Morgan fingerprint density at radius 2 is 0.552 bits per heavy atom. The normalized spacial score (nSPS) is 11.0. The molecule has 0 fully saturated rings. The van der Waals surface area contributed by atoms with E-state index in [0.717, 1.165) is 33.0 Å². The number of nitrogens with zero attached hydrogens (tertiary/aromatic N) is 2. The average molecular weight is 763 g/mol. The number of rotatable bonds is 10. The molecule has 6 aromatic carbocycles. The lowest BCUT2D eigenvalue weighted by atomic mass is 9.90. The first-order valence-electron chi connectivity index (χ1n) is 17.9. The first-order valence-corrected chi connectivity index (χ1v) is 17.9. The zero-order valence-corrected chi connectivity index (χ0v) is 30.3. The third-order valence-electron chi connectivity index (χ3n) is 9.91. The van der Waals surface area contributed by atoms with E-state index in [9.17, 15) is 39.6 Å². The van der Waals surface area contributed by atoms with Crippen LogP contribution in [0.2, 0.25) is 0 Å². The van der Waals surface area contributed by atoms with Gasteiger partial charge in [0.15, 0.2) is 0 Å². The predicted octanol–water partition coefficient (Wildman–Crippen LogP) is 10.4. The van der Waals surface area contributed by atoms with Crippen molar-refractivity contribution < 1.29 is 39.6 Å². The van der Waals surface area contributed by atoms with Gasteiger partial charge in [-0.1, -0.05) is 84.9 Å². The first kappa shape index (κ1) is 36.7. The maximum Gasteiger partial charge on any atom is 0.335 e. The van der Waals surface area contributed by atoms with E-state index >= 15 is 0 Å². The summed E-state index contributed by atoms with van der Waals surface area (Å²) in [5.41, 5.74) is 9.11. The minimum absolute atomic E-state index is 0.142. The Kier molecular flexibility index (Phi) is 9.57. The van der Waals surface area contributed by atoms with Gasteiger partial charge in [0.05, 0.1) is 45.0 Å². The molecule has 280 valence electrons. The molecule has 8 rings (SSSR count). The van der Waals surface area contributed by atoms with E-state index < -0.39 is 23.9 Å². The summed E-state index contributed by atoms with van der Waals surface area (Å²) in [4.78, 5) is 56.3. The molecule has 0 radical (unpaired) electrons. The Labute approximate surface area is 330 Å². The molecule has 0 aliphatic carbocycles. The Balaban J connectivity index is 1.30. The number of fused-ring (bicyclic) bond motifs is 1. The number of carboxylic acids is 4. The summed E-state index contributed by atoms with van der Waals surface area (Å²) in [5.74, 6) is -4.17. The van der Waals surface area contributed by atoms with Crippen LogP contribution in [-0.4, -0.2) is 54.3 Å². The highest BCUT2D eigenvalue weighted by Gasteiger charge is 2.17. The largest absolute Gasteiger partial charge is 0.478 e. The van der Waals surface area contributed by atoms with Crippen LogP contribution in [0, 0.1) is 0 Å². The molecule has 4 N–H and O–H groups in total. The summed E-state index contributed by atoms with van der Waals surface area (Å²) in [6.45, 7) is 0. The van der Waals surface area contributed by atoms with Crippen LogP contribution in [0.25, 0.3) is 78.1 Å². The molecule has 58 heavy (non-hydrogen) atoms. The standard InChI is InChI=1S/C48H30N2O8/c51-45(52)31-13-5-27(6-14-31)41-23-35(24-42(49-41)28-7-15-32(16-8-28)46(53)54)37-21-22-38(40-4-2-1-3-39(37)40)36-25-43(29-9-17-33(18-10-29)47(55)56)50-44(26-36)30-11-19-34(20-12-30)48(57)58/h1-26H,(H,51,52)(H,53,54)(H,55,56)(H,57,58). The lowest BCUT2D eigenvalue weighted by molar-refractivity contribution is 0.0686. The summed E-state index contributed by atoms with van der Waals surface area (Å²) in [6, 6.07) is 45.6. The average Bonchev–Trinajstić information content (AvgIpc) is 3.25. The maximum absolute atomic E-state index is 11.6. The second-order valence-electron chi connectivity index (χ2n) is 13.5. The highest BCUT2D eigenvalue weighted by atomic mass is 16.4. The van der Waals surface area contributed by atoms with Gasteiger partial charge in [-0.3, -0.25) is 0 Å². The van der Waals surface area contributed by atoms with Crippen LogP contribution < -0.4 is 0 Å². The quantitative estimate of drug-likeness (QED) is 0.105. The van der Waals surface area contributed by atoms with Crippen molar-refractivity contribution in [1.82, 2.24) is 9.97 Å². The molecule has 10 heteroatoms. The van der Waals surface area contributed by atoms with Crippen molar-refractivity contribution in [2.24, 2.45) is 0 Å². The van der Waals surface area contributed by atoms with Crippen molar-refractivity contribution in [2.75, 3.05) is 0 Å². The molecule has 0 saturated heterocycles. The molecule has 0 aliphatic rings. The minimum atomic E-state index is -1.04. The summed E-state index contributed by atoms with van der Waals surface area (Å²) < 4.78 is 0. The third-order valence-corrected chi connectivity index (χ3v) is 9.91. The fourth-order valence-electron chi connectivity index (χ4n) is 6.90. The van der Waals surface area contributed by atoms with Gasteiger partial charge in [0.2, 0.25) is 0 Å². The van der Waals surface area contributed by atoms with E-state index in [1.807, 2.05) is 60.7 Å². The van der Waals surface area contributed by atoms with Crippen LogP contribution in [0.5, 0.6) is 0 Å². The topological polar surface area (TPSA) is 175 Å². The lowest BCUT2D eigenvalue weighted by Crippen LogP contribution is -1.97. The number of hydrogen-bond donors (Lipinski definition) is 4. The molecule has 8 aromatic rings. The predicted molar refractivity (Wildman–Crippen MR) is 220 cm³/mol. The zero-order chi connectivity index (χ0) is 40.5. The second-order valence-corrected chi connectivity index (χ2v) is 13.5. The Morgan fingerprint density at radius 1 is 0.310 bits per heavy atom. The zero-order valence-electron chi connectivity index (χ0n) is 30.3. The van der Waals surface area contributed by atoms with Crippen LogP contribution in [0.3, 0.4) is 0 Å². The van der Waals surface area contributed by atoms with E-state index in [-0.39, 0.29) is 22.3 Å². The molecule has 2 heterocycles. The molecule has 10 nitrogen and oxygen atoms in total. The van der Waals surface area contributed by atoms with E-state index in [2.05, 4.69) is 0 Å². The molecule has 2 aromatic heterocycles. The second kappa shape index (κ2) is 15.1. The number of carbonyl (C=O) groups is 4. The summed E-state index contributed by atoms with van der Waals surface area (Å²) in [5, 5.41) is 39.8. The SMILES string of the molecule is O=C(O)c1ccc(-c2cc(-c3ccc(-c4cc(-c5ccc(C(=O)O)cc5)nc(-c5ccc(C(=O)O)cc5)c4)c4ccccc34)cc(-c3ccc(C(=O)O)cc3)n2)cc1. The van der Waals surface area contributed by atoms with Crippen LogP contribution in [0.4, 0.5) is 0 Å². The fourth-order valence-corrected chi connectivity index (χ4v) is 6.90. The summed E-state index contributed by atoms with van der Waals surface area (Å²) >= 11 is 0. The van der Waals surface area contributed by atoms with Crippen LogP contribution in [0.1, 0.15) is 41.4 Å². The van der Waals surface area contributed by atoms with E-state index in [0.29, 0.717) is 45.0 Å². The first-order chi connectivity index (χ1) is 28.0. The minimum Gasteiger partial charge on any atom is -0.478 e. The molecule has 0 spiro atoms. The highest BCUT2D eigenvalue weighted by molar-refractivity contribution is 6.06. The number of pyridine rings is 2. The van der Waals surface area contributed by atoms with Gasteiger partial charge in [0.1, 0.15) is 0 Å². The molecular formula is C48H30N2O8. The van der Waals surface area contributed by atoms with Gasteiger partial charge in [-0.15, -0.1) is 0 Å². The van der Waals surface area contributed by atoms with Gasteiger partial charge in [-0.2, -0.15) is 0 Å². The number of aromatic nitrogens is 2. The Bertz CT molecular complexity index is 2570. The third kappa shape index (κ3) is 7.28. The molecule has 0 aliphatic heterocycles. The van der Waals surface area contributed by atoms with E-state index in [4.69, 9.17) is 9.97 Å². The molecule has 0 amide bonds. The number of carboxylic acid groups (broad SMARTS) is 4. The highest BCUT2D eigenvalue weighted by Crippen LogP contribution is 2.40.